The zero-order valence-corrected chi connectivity index (χ0v) is 29.7. The molecule has 15 atom stereocenters. The Labute approximate surface area is 284 Å². The van der Waals surface area contributed by atoms with Crippen LogP contribution in [0, 0.1) is 47.3 Å². The summed E-state index contributed by atoms with van der Waals surface area (Å²) in [6.07, 6.45) is 2.90. The molecule has 13 nitrogen and oxygen atoms in total. The fourth-order valence-corrected chi connectivity index (χ4v) is 9.66. The van der Waals surface area contributed by atoms with Gasteiger partial charge in [-0.2, -0.15) is 0 Å². The Morgan fingerprint density at radius 3 is 1.94 bits per heavy atom. The van der Waals surface area contributed by atoms with E-state index in [2.05, 4.69) is 19.2 Å². The molecule has 4 saturated heterocycles. The molecule has 0 aromatic heterocycles. The first-order chi connectivity index (χ1) is 22.4. The van der Waals surface area contributed by atoms with Gasteiger partial charge >= 0.3 is 12.1 Å². The number of carbonyl (C=O) groups excluding carboxylic acids is 2. The lowest BCUT2D eigenvalue weighted by Crippen LogP contribution is -2.67. The number of esters is 1. The molecule has 6 rings (SSSR count). The van der Waals surface area contributed by atoms with Crippen molar-refractivity contribution in [3.8, 4) is 0 Å². The van der Waals surface area contributed by atoms with Crippen molar-refractivity contribution < 1.29 is 58.4 Å². The van der Waals surface area contributed by atoms with Crippen molar-refractivity contribution in [2.75, 3.05) is 19.8 Å². The highest BCUT2D eigenvalue weighted by molar-refractivity contribution is 5.74. The molecule has 4 heterocycles. The Bertz CT molecular complexity index is 1150. The number of ether oxygens (including phenoxy) is 6. The van der Waals surface area contributed by atoms with Crippen molar-refractivity contribution in [1.29, 1.82) is 0 Å². The van der Waals surface area contributed by atoms with Gasteiger partial charge in [0.05, 0.1) is 19.1 Å². The molecule has 0 spiro atoms. The fraction of sp³-hybridized carbons (Fsp3) is 0.943. The lowest BCUT2D eigenvalue weighted by Gasteiger charge is -2.57. The lowest BCUT2D eigenvalue weighted by atomic mass is 9.58. The van der Waals surface area contributed by atoms with Gasteiger partial charge in [-0.1, -0.05) is 27.7 Å². The van der Waals surface area contributed by atoms with Gasteiger partial charge in [-0.15, -0.1) is 0 Å². The molecule has 0 aromatic carbocycles. The Hall–Kier alpha value is -1.58. The van der Waals surface area contributed by atoms with E-state index in [0.717, 1.165) is 25.7 Å². The van der Waals surface area contributed by atoms with Gasteiger partial charge in [-0.25, -0.2) is 4.79 Å². The molecule has 13 heteroatoms. The average Bonchev–Trinajstić information content (AvgIpc) is 3.17. The van der Waals surface area contributed by atoms with E-state index < -0.39 is 47.7 Å². The van der Waals surface area contributed by atoms with E-state index in [-0.39, 0.29) is 48.1 Å². The van der Waals surface area contributed by atoms with Gasteiger partial charge in [-0.3, -0.25) is 4.79 Å². The summed E-state index contributed by atoms with van der Waals surface area (Å²) in [6.45, 7) is 13.9. The predicted octanol–water partition coefficient (Wildman–Crippen LogP) is 3.40. The highest BCUT2D eigenvalue weighted by atomic mass is 16.8. The van der Waals surface area contributed by atoms with Crippen LogP contribution in [0.3, 0.4) is 0 Å². The second-order valence-electron chi connectivity index (χ2n) is 15.7. The van der Waals surface area contributed by atoms with E-state index in [1.54, 1.807) is 20.8 Å². The average molecular weight is 686 g/mol. The van der Waals surface area contributed by atoms with E-state index in [0.29, 0.717) is 50.7 Å². The summed E-state index contributed by atoms with van der Waals surface area (Å²) in [6, 6.07) is 0. The summed E-state index contributed by atoms with van der Waals surface area (Å²) >= 11 is 0. The van der Waals surface area contributed by atoms with E-state index in [1.165, 1.54) is 0 Å². The van der Waals surface area contributed by atoms with Crippen molar-refractivity contribution in [1.82, 2.24) is 5.32 Å². The summed E-state index contributed by atoms with van der Waals surface area (Å²) in [7, 11) is 0. The van der Waals surface area contributed by atoms with Gasteiger partial charge < -0.3 is 54.2 Å². The minimum absolute atomic E-state index is 0.00391. The summed E-state index contributed by atoms with van der Waals surface area (Å²) in [4.78, 5) is 23.4. The molecule has 5 unspecified atom stereocenters. The maximum atomic E-state index is 12.0. The Morgan fingerprint density at radius 1 is 0.812 bits per heavy atom. The van der Waals surface area contributed by atoms with Crippen LogP contribution in [0.15, 0.2) is 0 Å². The SMILES string of the molecule is CCOC(=O)NCCOC1O[C@@H]2O[C@](C)(O)CCC3[C@H](C)CCC([C@H]1C)[C@]32O.C[C@@H]1CCC2[C@@H](C)C(=O)O[C@@H]3O[C@](C)(O)CCC1[C@@]23O. The van der Waals surface area contributed by atoms with Crippen molar-refractivity contribution in [3.05, 3.63) is 0 Å². The normalized spacial score (nSPS) is 49.8. The number of amides is 1. The first kappa shape index (κ1) is 37.7. The van der Waals surface area contributed by atoms with Gasteiger partial charge in [0.2, 0.25) is 6.29 Å². The summed E-state index contributed by atoms with van der Waals surface area (Å²) in [5.74, 6) is -2.91. The molecule has 4 aliphatic heterocycles. The Balaban J connectivity index is 0.000000198. The molecule has 0 radical (unpaired) electrons. The van der Waals surface area contributed by atoms with Crippen LogP contribution in [-0.4, -0.2) is 93.9 Å². The standard InChI is InChI=1S/C20H35NO7.C15H24O5/c1-5-25-18(22)21-10-11-26-16-13(3)15-7-6-12(2)14-8-9-19(4,23)28-17(27-16)20(14,15)24;1-8-4-5-11-9(2)12(16)19-13-15(11,18)10(8)6-7-14(3,17)20-13/h12-17,23-24H,5-11H2,1-4H3,(H,21,22);8-11,13,17-18H,4-7H2,1-3H3/t12-,13-,14?,15?,16?,17-,19+,20-;8-,9-,10?,11?,13-,14+,15-/m11/s1. The fourth-order valence-electron chi connectivity index (χ4n) is 9.66. The molecular formula is C35H59NO12. The maximum absolute atomic E-state index is 12.0. The second kappa shape index (κ2) is 14.2. The molecule has 48 heavy (non-hydrogen) atoms. The zero-order chi connectivity index (χ0) is 35.2. The van der Waals surface area contributed by atoms with Gasteiger partial charge in [0.15, 0.2) is 24.2 Å². The molecule has 2 aliphatic carbocycles. The van der Waals surface area contributed by atoms with Gasteiger partial charge in [-0.05, 0) is 83.0 Å². The smallest absolute Gasteiger partial charge is 0.407 e. The predicted molar refractivity (Wildman–Crippen MR) is 170 cm³/mol. The van der Waals surface area contributed by atoms with E-state index in [9.17, 15) is 30.0 Å². The molecule has 5 N–H and O–H groups in total. The van der Waals surface area contributed by atoms with E-state index in [4.69, 9.17) is 28.4 Å². The minimum Gasteiger partial charge on any atom is -0.450 e. The first-order valence-electron chi connectivity index (χ1n) is 18.1. The van der Waals surface area contributed by atoms with Crippen molar-refractivity contribution in [2.45, 2.75) is 141 Å². The molecule has 0 bridgehead atoms. The van der Waals surface area contributed by atoms with E-state index >= 15 is 0 Å². The molecule has 0 aromatic rings. The number of alkyl carbamates (subject to hydrolysis) is 1. The third kappa shape index (κ3) is 7.12. The largest absolute Gasteiger partial charge is 0.450 e. The summed E-state index contributed by atoms with van der Waals surface area (Å²) < 4.78 is 33.5. The minimum atomic E-state index is -1.36. The van der Waals surface area contributed by atoms with Crippen LogP contribution in [0.2, 0.25) is 0 Å². The molecular weight excluding hydrogens is 626 g/mol. The molecule has 6 fully saturated rings. The summed E-state index contributed by atoms with van der Waals surface area (Å²) in [5, 5.41) is 46.5. The monoisotopic (exact) mass is 685 g/mol. The molecule has 6 aliphatic rings. The third-order valence-corrected chi connectivity index (χ3v) is 12.4. The zero-order valence-electron chi connectivity index (χ0n) is 29.7. The lowest BCUT2D eigenvalue weighted by molar-refractivity contribution is -0.407. The Kier molecular flexibility index (Phi) is 11.2. The Morgan fingerprint density at radius 2 is 1.35 bits per heavy atom. The van der Waals surface area contributed by atoms with Crippen LogP contribution in [0.1, 0.15) is 99.8 Å². The van der Waals surface area contributed by atoms with Gasteiger partial charge in [0.1, 0.15) is 11.2 Å². The van der Waals surface area contributed by atoms with Gasteiger partial charge in [0, 0.05) is 37.1 Å². The van der Waals surface area contributed by atoms with Crippen LogP contribution < -0.4 is 5.32 Å². The van der Waals surface area contributed by atoms with Crippen LogP contribution in [0.25, 0.3) is 0 Å². The third-order valence-electron chi connectivity index (χ3n) is 12.4. The van der Waals surface area contributed by atoms with Crippen molar-refractivity contribution in [2.24, 2.45) is 47.3 Å². The number of nitrogens with one attached hydrogen (secondary N) is 1. The molecule has 276 valence electrons. The molecule has 2 saturated carbocycles. The number of hydrogen-bond acceptors (Lipinski definition) is 12. The van der Waals surface area contributed by atoms with Crippen LogP contribution in [0.5, 0.6) is 0 Å². The van der Waals surface area contributed by atoms with Gasteiger partial charge in [0.25, 0.3) is 0 Å². The highest BCUT2D eigenvalue weighted by Gasteiger charge is 2.65. The number of aliphatic hydroxyl groups is 4. The van der Waals surface area contributed by atoms with E-state index in [1.807, 2.05) is 13.8 Å². The van der Waals surface area contributed by atoms with Crippen molar-refractivity contribution >= 4 is 12.1 Å². The molecule has 1 amide bonds. The highest BCUT2D eigenvalue weighted by Crippen LogP contribution is 2.56. The van der Waals surface area contributed by atoms with Crippen LogP contribution in [-0.2, 0) is 33.2 Å². The first-order valence-corrected chi connectivity index (χ1v) is 18.1. The topological polar surface area (TPSA) is 182 Å². The maximum Gasteiger partial charge on any atom is 0.407 e. The number of rotatable bonds is 5. The van der Waals surface area contributed by atoms with Crippen LogP contribution >= 0.6 is 0 Å². The van der Waals surface area contributed by atoms with Crippen LogP contribution in [0.4, 0.5) is 4.79 Å². The van der Waals surface area contributed by atoms with Crippen molar-refractivity contribution in [3.63, 3.8) is 0 Å². The summed E-state index contributed by atoms with van der Waals surface area (Å²) in [5.41, 5.74) is -2.31. The quantitative estimate of drug-likeness (QED) is 0.211. The number of hydrogen-bond donors (Lipinski definition) is 5. The second-order valence-corrected chi connectivity index (χ2v) is 15.7. The number of carbonyl (C=O) groups is 2.